The van der Waals surface area contributed by atoms with E-state index in [9.17, 15) is 50.4 Å². The van der Waals surface area contributed by atoms with Gasteiger partial charge in [0.15, 0.2) is 6.29 Å². The number of carbonyl (C=O) groups is 2. The van der Waals surface area contributed by atoms with Gasteiger partial charge in [-0.05, 0) is 12.8 Å². The number of hydrogen-bond donors (Lipinski definition) is 10. The summed E-state index contributed by atoms with van der Waals surface area (Å²) >= 11 is 0. The van der Waals surface area contributed by atoms with E-state index in [4.69, 9.17) is 28.8 Å². The van der Waals surface area contributed by atoms with Crippen LogP contribution in [-0.4, -0.2) is 163 Å². The first-order valence-corrected chi connectivity index (χ1v) is 14.1. The number of nitrogens with one attached hydrogen (secondary N) is 1. The second kappa shape index (κ2) is 16.6. The molecule has 2 aliphatic rings. The van der Waals surface area contributed by atoms with E-state index in [1.807, 2.05) is 0 Å². The van der Waals surface area contributed by atoms with Crippen molar-refractivity contribution >= 4 is 11.9 Å². The van der Waals surface area contributed by atoms with E-state index in [1.54, 1.807) is 20.8 Å². The fourth-order valence-corrected chi connectivity index (χ4v) is 4.99. The fourth-order valence-electron chi connectivity index (χ4n) is 4.99. The lowest BCUT2D eigenvalue weighted by atomic mass is 9.92. The van der Waals surface area contributed by atoms with Crippen molar-refractivity contribution in [2.75, 3.05) is 26.4 Å². The SMILES string of the molecule is CC(=O)NC1C(O[C@H](C)COC(C(C)C)[C@@H](O)CO[C@]2(C(=O)O)CC(O)C(O)[C@@H](C[C@H](O)CO)O2)OC(CO)C(O)C1O. The summed E-state index contributed by atoms with van der Waals surface area (Å²) in [6.07, 6.45) is -15.6. The van der Waals surface area contributed by atoms with Crippen molar-refractivity contribution in [1.29, 1.82) is 0 Å². The highest BCUT2D eigenvalue weighted by molar-refractivity contribution is 5.76. The number of hydrogen-bond acceptors (Lipinski definition) is 15. The summed E-state index contributed by atoms with van der Waals surface area (Å²) in [5.74, 6) is -4.99. The predicted molar refractivity (Wildman–Crippen MR) is 142 cm³/mol. The highest BCUT2D eigenvalue weighted by Crippen LogP contribution is 2.34. The zero-order chi connectivity index (χ0) is 32.6. The van der Waals surface area contributed by atoms with Gasteiger partial charge in [0.05, 0.1) is 56.9 Å². The number of carboxylic acid groups (broad SMARTS) is 1. The van der Waals surface area contributed by atoms with Gasteiger partial charge in [0.1, 0.15) is 36.6 Å². The van der Waals surface area contributed by atoms with E-state index in [-0.39, 0.29) is 12.5 Å². The monoisotopic (exact) mass is 629 g/mol. The topological polar surface area (TPSA) is 274 Å². The van der Waals surface area contributed by atoms with Crippen LogP contribution in [0.4, 0.5) is 0 Å². The molecule has 2 aliphatic heterocycles. The summed E-state index contributed by atoms with van der Waals surface area (Å²) in [5, 5.41) is 92.7. The Morgan fingerprint density at radius 1 is 1.00 bits per heavy atom. The Morgan fingerprint density at radius 2 is 1.65 bits per heavy atom. The van der Waals surface area contributed by atoms with Crippen molar-refractivity contribution in [3.8, 4) is 0 Å². The third kappa shape index (κ3) is 9.95. The van der Waals surface area contributed by atoms with Crippen LogP contribution in [0.1, 0.15) is 40.5 Å². The third-order valence-electron chi connectivity index (χ3n) is 7.30. The standard InChI is InChI=1S/C26H47NO16/c1-11(2)23(39-9-12(3)41-24-19(27-13(4)30)22(36)21(35)18(8-29)42-24)16(33)10-40-26(25(37)38)6-15(32)20(34)17(43-26)5-14(31)7-28/h11-12,14-24,28-29,31-36H,5-10H2,1-4H3,(H,27,30)(H,37,38)/t12-,14+,15?,16+,17-,18?,19?,20?,21?,22?,23?,24?,26-/m1/s1. The van der Waals surface area contributed by atoms with Gasteiger partial charge in [0.25, 0.3) is 5.79 Å². The van der Waals surface area contributed by atoms with Crippen LogP contribution in [0.3, 0.4) is 0 Å². The zero-order valence-corrected chi connectivity index (χ0v) is 24.6. The van der Waals surface area contributed by atoms with Gasteiger partial charge in [-0.3, -0.25) is 4.79 Å². The van der Waals surface area contributed by atoms with Crippen LogP contribution < -0.4 is 5.32 Å². The molecule has 2 heterocycles. The number of carbonyl (C=O) groups excluding carboxylic acids is 1. The fraction of sp³-hybridized carbons (Fsp3) is 0.923. The Hall–Kier alpha value is -1.58. The molecule has 2 fully saturated rings. The van der Waals surface area contributed by atoms with Gasteiger partial charge < -0.3 is 75.0 Å². The number of aliphatic hydroxyl groups excluding tert-OH is 8. The van der Waals surface area contributed by atoms with Crippen molar-refractivity contribution in [1.82, 2.24) is 5.32 Å². The molecule has 10 N–H and O–H groups in total. The lowest BCUT2D eigenvalue weighted by Crippen LogP contribution is -2.65. The van der Waals surface area contributed by atoms with Gasteiger partial charge in [0.2, 0.25) is 5.91 Å². The Morgan fingerprint density at radius 3 is 2.19 bits per heavy atom. The first-order valence-electron chi connectivity index (χ1n) is 14.1. The highest BCUT2D eigenvalue weighted by atomic mass is 16.7. The van der Waals surface area contributed by atoms with E-state index < -0.39 is 124 Å². The van der Waals surface area contributed by atoms with Gasteiger partial charge in [-0.15, -0.1) is 0 Å². The number of carboxylic acids is 1. The lowest BCUT2D eigenvalue weighted by Gasteiger charge is -2.43. The molecule has 0 saturated carbocycles. The average Bonchev–Trinajstić information content (AvgIpc) is 2.93. The third-order valence-corrected chi connectivity index (χ3v) is 7.30. The zero-order valence-electron chi connectivity index (χ0n) is 24.6. The maximum absolute atomic E-state index is 12.2. The molecule has 1 amide bonds. The average molecular weight is 630 g/mol. The molecule has 13 atom stereocenters. The molecule has 0 aromatic heterocycles. The molecule has 17 nitrogen and oxygen atoms in total. The molecule has 2 rings (SSSR count). The number of aliphatic hydroxyl groups is 8. The van der Waals surface area contributed by atoms with Gasteiger partial charge in [-0.1, -0.05) is 13.8 Å². The summed E-state index contributed by atoms with van der Waals surface area (Å²) in [6.45, 7) is 4.09. The van der Waals surface area contributed by atoms with Gasteiger partial charge >= 0.3 is 5.97 Å². The van der Waals surface area contributed by atoms with E-state index in [1.165, 1.54) is 6.92 Å². The minimum absolute atomic E-state index is 0.165. The van der Waals surface area contributed by atoms with Crippen molar-refractivity contribution in [3.63, 3.8) is 0 Å². The van der Waals surface area contributed by atoms with Crippen LogP contribution in [0.15, 0.2) is 0 Å². The van der Waals surface area contributed by atoms with Gasteiger partial charge in [0, 0.05) is 19.8 Å². The maximum atomic E-state index is 12.2. The van der Waals surface area contributed by atoms with Gasteiger partial charge in [-0.2, -0.15) is 0 Å². The smallest absolute Gasteiger partial charge is 0.364 e. The predicted octanol–water partition coefficient (Wildman–Crippen LogP) is -4.21. The summed E-state index contributed by atoms with van der Waals surface area (Å²) in [6, 6.07) is -1.17. The molecule has 2 saturated heterocycles. The van der Waals surface area contributed by atoms with Crippen molar-refractivity contribution < 1.29 is 79.2 Å². The number of ether oxygens (including phenoxy) is 5. The molecule has 0 aromatic rings. The summed E-state index contributed by atoms with van der Waals surface area (Å²) in [7, 11) is 0. The highest BCUT2D eigenvalue weighted by Gasteiger charge is 2.53. The Labute approximate surface area is 248 Å². The van der Waals surface area contributed by atoms with E-state index in [2.05, 4.69) is 5.32 Å². The minimum atomic E-state index is -2.48. The van der Waals surface area contributed by atoms with Crippen LogP contribution in [0.25, 0.3) is 0 Å². The van der Waals surface area contributed by atoms with Crippen LogP contribution in [0, 0.1) is 5.92 Å². The Kier molecular flexibility index (Phi) is 14.6. The molecule has 0 aromatic carbocycles. The molecular formula is C26H47NO16. The largest absolute Gasteiger partial charge is 0.477 e. The van der Waals surface area contributed by atoms with Crippen molar-refractivity contribution in [2.24, 2.45) is 5.92 Å². The van der Waals surface area contributed by atoms with Crippen LogP contribution >= 0.6 is 0 Å². The second-order valence-electron chi connectivity index (χ2n) is 11.3. The summed E-state index contributed by atoms with van der Waals surface area (Å²) in [4.78, 5) is 23.8. The molecule has 0 radical (unpaired) electrons. The molecule has 0 spiro atoms. The molecule has 0 bridgehead atoms. The molecular weight excluding hydrogens is 582 g/mol. The Balaban J connectivity index is 2.06. The van der Waals surface area contributed by atoms with Crippen LogP contribution in [-0.2, 0) is 33.3 Å². The second-order valence-corrected chi connectivity index (χ2v) is 11.3. The molecule has 17 heteroatoms. The first kappa shape index (κ1) is 37.6. The Bertz CT molecular complexity index is 880. The van der Waals surface area contributed by atoms with E-state index in [0.29, 0.717) is 0 Å². The van der Waals surface area contributed by atoms with E-state index >= 15 is 0 Å². The molecule has 8 unspecified atom stereocenters. The molecule has 252 valence electrons. The van der Waals surface area contributed by atoms with Crippen molar-refractivity contribution in [2.45, 2.75) is 120 Å². The first-order chi connectivity index (χ1) is 20.1. The molecule has 0 aliphatic carbocycles. The number of rotatable bonds is 16. The maximum Gasteiger partial charge on any atom is 0.364 e. The van der Waals surface area contributed by atoms with Crippen LogP contribution in [0.5, 0.6) is 0 Å². The number of amides is 1. The normalized spacial score (nSPS) is 36.1. The van der Waals surface area contributed by atoms with Crippen LogP contribution in [0.2, 0.25) is 0 Å². The summed E-state index contributed by atoms with van der Waals surface area (Å²) in [5.41, 5.74) is 0. The van der Waals surface area contributed by atoms with Crippen molar-refractivity contribution in [3.05, 3.63) is 0 Å². The summed E-state index contributed by atoms with van der Waals surface area (Å²) < 4.78 is 28.1. The quantitative estimate of drug-likeness (QED) is 0.0775. The molecule has 43 heavy (non-hydrogen) atoms. The van der Waals surface area contributed by atoms with E-state index in [0.717, 1.165) is 0 Å². The number of aliphatic carboxylic acids is 1. The minimum Gasteiger partial charge on any atom is -0.477 e. The van der Waals surface area contributed by atoms with Gasteiger partial charge in [-0.25, -0.2) is 4.79 Å². The lowest BCUT2D eigenvalue weighted by molar-refractivity contribution is -0.319.